The molecule has 0 saturated carbocycles. The van der Waals surface area contributed by atoms with Crippen molar-refractivity contribution in [2.24, 2.45) is 7.05 Å². The van der Waals surface area contributed by atoms with Crippen LogP contribution in [0.3, 0.4) is 0 Å². The van der Waals surface area contributed by atoms with Crippen LogP contribution in [0, 0.1) is 0 Å². The molecule has 0 spiro atoms. The molecule has 0 unspecified atom stereocenters. The number of thiazole rings is 1. The summed E-state index contributed by atoms with van der Waals surface area (Å²) < 4.78 is 2.78. The Hall–Kier alpha value is -1.39. The van der Waals surface area contributed by atoms with Crippen LogP contribution in [0.4, 0.5) is 0 Å². The van der Waals surface area contributed by atoms with Crippen LogP contribution in [0.2, 0.25) is 0 Å². The average molecular weight is 247 g/mol. The molecule has 0 bridgehead atoms. The molecule has 0 aliphatic rings. The molecule has 0 N–H and O–H groups in total. The second kappa shape index (κ2) is 3.57. The van der Waals surface area contributed by atoms with Crippen LogP contribution >= 0.6 is 22.7 Å². The Morgan fingerprint density at radius 1 is 1.25 bits per heavy atom. The van der Waals surface area contributed by atoms with Crippen molar-refractivity contribution in [3.8, 4) is 11.1 Å². The van der Waals surface area contributed by atoms with Crippen LogP contribution in [0.25, 0.3) is 21.3 Å². The van der Waals surface area contributed by atoms with Crippen LogP contribution in [0.1, 0.15) is 0 Å². The Labute approximate surface area is 100 Å². The molecule has 2 nitrogen and oxygen atoms in total. The molecular weight excluding hydrogens is 238 g/mol. The Balaban J connectivity index is 2.45. The van der Waals surface area contributed by atoms with Gasteiger partial charge >= 0.3 is 4.87 Å². The molecule has 0 aliphatic carbocycles. The number of benzene rings is 1. The predicted octanol–water partition coefficient (Wildman–Crippen LogP) is 3.33. The quantitative estimate of drug-likeness (QED) is 0.646. The summed E-state index contributed by atoms with van der Waals surface area (Å²) >= 11 is 2.97. The van der Waals surface area contributed by atoms with Gasteiger partial charge in [0.1, 0.15) is 0 Å². The molecule has 0 amide bonds. The Kier molecular flexibility index (Phi) is 2.19. The van der Waals surface area contributed by atoms with E-state index in [0.29, 0.717) is 0 Å². The smallest absolute Gasteiger partial charge is 0.301 e. The lowest BCUT2D eigenvalue weighted by Gasteiger charge is -2.02. The zero-order valence-electron chi connectivity index (χ0n) is 8.64. The van der Waals surface area contributed by atoms with Crippen LogP contribution in [-0.2, 0) is 7.05 Å². The fraction of sp³-hybridized carbons (Fsp3) is 0.0833. The maximum Gasteiger partial charge on any atom is 0.307 e. The zero-order chi connectivity index (χ0) is 11.1. The van der Waals surface area contributed by atoms with E-state index >= 15 is 0 Å². The summed E-state index contributed by atoms with van der Waals surface area (Å²) in [5, 5.41) is 4.16. The predicted molar refractivity (Wildman–Crippen MR) is 70.4 cm³/mol. The number of para-hydroxylation sites is 1. The number of hydrogen-bond acceptors (Lipinski definition) is 3. The number of rotatable bonds is 1. The summed E-state index contributed by atoms with van der Waals surface area (Å²) in [6.07, 6.45) is 0. The molecular formula is C12H9NOS2. The van der Waals surface area contributed by atoms with Gasteiger partial charge in [-0.05, 0) is 28.5 Å². The van der Waals surface area contributed by atoms with Crippen LogP contribution < -0.4 is 4.87 Å². The number of aromatic nitrogens is 1. The van der Waals surface area contributed by atoms with Crippen molar-refractivity contribution < 1.29 is 0 Å². The van der Waals surface area contributed by atoms with Gasteiger partial charge in [0.15, 0.2) is 0 Å². The third-order valence-electron chi connectivity index (χ3n) is 2.64. The molecule has 16 heavy (non-hydrogen) atoms. The van der Waals surface area contributed by atoms with Crippen molar-refractivity contribution in [2.45, 2.75) is 0 Å². The van der Waals surface area contributed by atoms with Gasteiger partial charge in [0, 0.05) is 12.6 Å². The molecule has 1 aromatic carbocycles. The lowest BCUT2D eigenvalue weighted by atomic mass is 10.1. The zero-order valence-corrected chi connectivity index (χ0v) is 10.3. The minimum absolute atomic E-state index is 0.0951. The number of thiophene rings is 1. The Bertz CT molecular complexity index is 691. The van der Waals surface area contributed by atoms with Crippen LogP contribution in [0.15, 0.2) is 39.8 Å². The van der Waals surface area contributed by atoms with E-state index in [-0.39, 0.29) is 4.87 Å². The number of nitrogens with zero attached hydrogens (tertiary/aromatic N) is 1. The maximum absolute atomic E-state index is 11.6. The Morgan fingerprint density at radius 3 is 2.88 bits per heavy atom. The van der Waals surface area contributed by atoms with E-state index in [1.54, 1.807) is 15.9 Å². The monoisotopic (exact) mass is 247 g/mol. The number of aryl methyl sites for hydroxylation is 1. The van der Waals surface area contributed by atoms with Gasteiger partial charge in [0.25, 0.3) is 0 Å². The normalized spacial score (nSPS) is 11.1. The fourth-order valence-corrected chi connectivity index (χ4v) is 3.42. The molecule has 0 saturated heterocycles. The lowest BCUT2D eigenvalue weighted by molar-refractivity contribution is 0.939. The van der Waals surface area contributed by atoms with Crippen molar-refractivity contribution in [2.75, 3.05) is 0 Å². The molecule has 0 atom stereocenters. The first kappa shape index (κ1) is 9.81. The first-order chi connectivity index (χ1) is 7.77. The van der Waals surface area contributed by atoms with Gasteiger partial charge in [-0.1, -0.05) is 23.5 Å². The second-order valence-electron chi connectivity index (χ2n) is 3.59. The average Bonchev–Trinajstić information content (AvgIpc) is 2.88. The highest BCUT2D eigenvalue weighted by Gasteiger charge is 2.10. The third-order valence-corrected chi connectivity index (χ3v) is 4.32. The van der Waals surface area contributed by atoms with E-state index in [9.17, 15) is 4.79 Å². The van der Waals surface area contributed by atoms with Gasteiger partial charge in [-0.15, -0.1) is 0 Å². The third kappa shape index (κ3) is 1.34. The second-order valence-corrected chi connectivity index (χ2v) is 5.36. The topological polar surface area (TPSA) is 22.0 Å². The summed E-state index contributed by atoms with van der Waals surface area (Å²) in [7, 11) is 1.83. The van der Waals surface area contributed by atoms with E-state index in [0.717, 1.165) is 15.8 Å². The van der Waals surface area contributed by atoms with Gasteiger partial charge in [0.2, 0.25) is 0 Å². The molecule has 80 valence electrons. The van der Waals surface area contributed by atoms with Crippen molar-refractivity contribution in [1.82, 2.24) is 4.57 Å². The van der Waals surface area contributed by atoms with E-state index in [2.05, 4.69) is 22.9 Å². The largest absolute Gasteiger partial charge is 0.307 e. The SMILES string of the molecule is Cn1c(=O)sc2cccc(-c3ccsc3)c21. The first-order valence-corrected chi connectivity index (χ1v) is 6.64. The highest BCUT2D eigenvalue weighted by molar-refractivity contribution is 7.16. The molecule has 0 fully saturated rings. The lowest BCUT2D eigenvalue weighted by Crippen LogP contribution is -2.06. The summed E-state index contributed by atoms with van der Waals surface area (Å²) in [5.41, 5.74) is 3.36. The number of hydrogen-bond donors (Lipinski definition) is 0. The molecule has 2 heterocycles. The van der Waals surface area contributed by atoms with Crippen LogP contribution in [0.5, 0.6) is 0 Å². The molecule has 0 radical (unpaired) electrons. The first-order valence-electron chi connectivity index (χ1n) is 4.88. The van der Waals surface area contributed by atoms with Gasteiger partial charge in [0.05, 0.1) is 10.2 Å². The molecule has 4 heteroatoms. The fourth-order valence-electron chi connectivity index (χ4n) is 1.86. The Morgan fingerprint density at radius 2 is 2.12 bits per heavy atom. The molecule has 3 aromatic rings. The van der Waals surface area contributed by atoms with Gasteiger partial charge < -0.3 is 4.57 Å². The van der Waals surface area contributed by atoms with E-state index in [1.165, 1.54) is 16.9 Å². The number of fused-ring (bicyclic) bond motifs is 1. The summed E-state index contributed by atoms with van der Waals surface area (Å²) in [4.78, 5) is 11.7. The summed E-state index contributed by atoms with van der Waals surface area (Å²) in [6.45, 7) is 0. The highest BCUT2D eigenvalue weighted by atomic mass is 32.1. The van der Waals surface area contributed by atoms with E-state index < -0.39 is 0 Å². The standard InChI is InChI=1S/C12H9NOS2/c1-13-11-9(8-5-6-15-7-8)3-2-4-10(11)16-12(13)14/h2-7H,1H3. The minimum atomic E-state index is 0.0951. The van der Waals surface area contributed by atoms with Crippen molar-refractivity contribution >= 4 is 32.9 Å². The highest BCUT2D eigenvalue weighted by Crippen LogP contribution is 2.30. The van der Waals surface area contributed by atoms with Gasteiger partial charge in [-0.2, -0.15) is 11.3 Å². The molecule has 2 aromatic heterocycles. The summed E-state index contributed by atoms with van der Waals surface area (Å²) in [6, 6.07) is 8.15. The van der Waals surface area contributed by atoms with Gasteiger partial charge in [-0.25, -0.2) is 0 Å². The van der Waals surface area contributed by atoms with Gasteiger partial charge in [-0.3, -0.25) is 4.79 Å². The minimum Gasteiger partial charge on any atom is -0.301 e. The summed E-state index contributed by atoms with van der Waals surface area (Å²) in [5.74, 6) is 0. The van der Waals surface area contributed by atoms with E-state index in [4.69, 9.17) is 0 Å². The van der Waals surface area contributed by atoms with Crippen molar-refractivity contribution in [3.63, 3.8) is 0 Å². The molecule has 3 rings (SSSR count). The van der Waals surface area contributed by atoms with E-state index in [1.807, 2.05) is 19.2 Å². The maximum atomic E-state index is 11.6. The van der Waals surface area contributed by atoms with Crippen molar-refractivity contribution in [1.29, 1.82) is 0 Å². The molecule has 0 aliphatic heterocycles. The van der Waals surface area contributed by atoms with Crippen molar-refractivity contribution in [3.05, 3.63) is 44.7 Å². The van der Waals surface area contributed by atoms with Crippen LogP contribution in [-0.4, -0.2) is 4.57 Å².